The number of hydrogen-bond acceptors (Lipinski definition) is 7. The maximum atomic E-state index is 13.5. The van der Waals surface area contributed by atoms with Crippen LogP contribution in [0.15, 0.2) is 36.7 Å². The Morgan fingerprint density at radius 1 is 1.32 bits per heavy atom. The summed E-state index contributed by atoms with van der Waals surface area (Å²) in [5.74, 6) is 0.630. The zero-order valence-corrected chi connectivity index (χ0v) is 17.4. The molecule has 2 N–H and O–H groups in total. The van der Waals surface area contributed by atoms with Gasteiger partial charge >= 0.3 is 0 Å². The molecule has 1 aromatic heterocycles. The fourth-order valence-electron chi connectivity index (χ4n) is 3.46. The van der Waals surface area contributed by atoms with E-state index in [0.717, 1.165) is 0 Å². The summed E-state index contributed by atoms with van der Waals surface area (Å²) in [5.41, 5.74) is 1.19. The van der Waals surface area contributed by atoms with Crippen LogP contribution >= 0.6 is 11.6 Å². The highest BCUT2D eigenvalue weighted by Gasteiger charge is 2.28. The minimum absolute atomic E-state index is 0.00253. The number of methoxy groups -OCH3 is 1. The van der Waals surface area contributed by atoms with Crippen LogP contribution in [0, 0.1) is 5.82 Å². The number of likely N-dealkylation sites (tertiary alicyclic amines) is 1. The summed E-state index contributed by atoms with van der Waals surface area (Å²) in [7, 11) is 1.53. The molecule has 162 valence electrons. The Morgan fingerprint density at radius 3 is 2.90 bits per heavy atom. The number of fused-ring (bicyclic) bond motifs is 1. The van der Waals surface area contributed by atoms with Crippen molar-refractivity contribution in [1.82, 2.24) is 14.9 Å². The van der Waals surface area contributed by atoms with Gasteiger partial charge in [-0.3, -0.25) is 4.79 Å². The Kier molecular flexibility index (Phi) is 6.06. The smallest absolute Gasteiger partial charge is 0.248 e. The van der Waals surface area contributed by atoms with Crippen LogP contribution in [0.4, 0.5) is 15.9 Å². The van der Waals surface area contributed by atoms with Gasteiger partial charge in [0.1, 0.15) is 30.7 Å². The van der Waals surface area contributed by atoms with Crippen LogP contribution in [0.25, 0.3) is 10.9 Å². The van der Waals surface area contributed by atoms with E-state index in [2.05, 4.69) is 15.3 Å². The van der Waals surface area contributed by atoms with Gasteiger partial charge in [0, 0.05) is 30.1 Å². The predicted octanol–water partition coefficient (Wildman–Crippen LogP) is 3.15. The Morgan fingerprint density at radius 2 is 2.16 bits per heavy atom. The van der Waals surface area contributed by atoms with Crippen LogP contribution in [0.1, 0.15) is 6.42 Å². The molecule has 1 aliphatic rings. The molecule has 0 bridgehead atoms. The van der Waals surface area contributed by atoms with E-state index in [1.54, 1.807) is 23.1 Å². The van der Waals surface area contributed by atoms with Crippen LogP contribution in [0.5, 0.6) is 11.5 Å². The van der Waals surface area contributed by atoms with Gasteiger partial charge in [0.05, 0.1) is 24.2 Å². The van der Waals surface area contributed by atoms with Crippen LogP contribution in [-0.4, -0.2) is 58.8 Å². The summed E-state index contributed by atoms with van der Waals surface area (Å²) < 4.78 is 25.0. The molecule has 0 saturated carbocycles. The van der Waals surface area contributed by atoms with Crippen LogP contribution in [0.2, 0.25) is 5.02 Å². The number of aromatic nitrogens is 2. The average molecular weight is 447 g/mol. The highest BCUT2D eigenvalue weighted by Crippen LogP contribution is 2.36. The first-order valence-electron chi connectivity index (χ1n) is 9.58. The number of anilines is 2. The van der Waals surface area contributed by atoms with Crippen molar-refractivity contribution in [2.45, 2.75) is 12.5 Å². The van der Waals surface area contributed by atoms with Crippen molar-refractivity contribution in [1.29, 1.82) is 0 Å². The van der Waals surface area contributed by atoms with E-state index in [-0.39, 0.29) is 17.0 Å². The molecule has 0 radical (unpaired) electrons. The van der Waals surface area contributed by atoms with Gasteiger partial charge in [-0.25, -0.2) is 14.4 Å². The molecular weight excluding hydrogens is 427 g/mol. The Bertz CT molecular complexity index is 1130. The molecule has 1 fully saturated rings. The van der Waals surface area contributed by atoms with Crippen molar-refractivity contribution in [3.05, 3.63) is 47.5 Å². The molecule has 3 aromatic rings. The van der Waals surface area contributed by atoms with E-state index in [0.29, 0.717) is 53.4 Å². The van der Waals surface area contributed by atoms with E-state index in [4.69, 9.17) is 26.2 Å². The number of hydrogen-bond donors (Lipinski definition) is 2. The van der Waals surface area contributed by atoms with Gasteiger partial charge in [0.2, 0.25) is 5.91 Å². The summed E-state index contributed by atoms with van der Waals surface area (Å²) in [4.78, 5) is 21.9. The van der Waals surface area contributed by atoms with Gasteiger partial charge in [0.15, 0.2) is 11.5 Å². The number of aliphatic hydroxyl groups excluding tert-OH is 1. The molecule has 4 rings (SSSR count). The fourth-order valence-corrected chi connectivity index (χ4v) is 3.64. The first-order chi connectivity index (χ1) is 15.0. The van der Waals surface area contributed by atoms with E-state index < -0.39 is 12.4 Å². The topological polar surface area (TPSA) is 96.8 Å². The van der Waals surface area contributed by atoms with E-state index in [1.807, 2.05) is 0 Å². The molecule has 2 heterocycles. The maximum Gasteiger partial charge on any atom is 0.248 e. The van der Waals surface area contributed by atoms with Crippen LogP contribution in [-0.2, 0) is 4.79 Å². The number of carbonyl (C=O) groups excluding carboxylic acids is 1. The second kappa shape index (κ2) is 8.91. The molecule has 10 heteroatoms. The lowest BCUT2D eigenvalue weighted by Crippen LogP contribution is -2.32. The van der Waals surface area contributed by atoms with Crippen molar-refractivity contribution in [3.63, 3.8) is 0 Å². The molecule has 1 aliphatic heterocycles. The van der Waals surface area contributed by atoms with Gasteiger partial charge in [-0.05, 0) is 24.3 Å². The van der Waals surface area contributed by atoms with Crippen molar-refractivity contribution in [2.75, 3.05) is 32.1 Å². The number of nitrogens with one attached hydrogen (secondary N) is 1. The molecule has 1 amide bonds. The van der Waals surface area contributed by atoms with Crippen LogP contribution in [0.3, 0.4) is 0 Å². The largest absolute Gasteiger partial charge is 0.493 e. The molecule has 1 saturated heterocycles. The van der Waals surface area contributed by atoms with Crippen molar-refractivity contribution in [2.24, 2.45) is 0 Å². The van der Waals surface area contributed by atoms with E-state index >= 15 is 0 Å². The predicted molar refractivity (Wildman–Crippen MR) is 113 cm³/mol. The van der Waals surface area contributed by atoms with Gasteiger partial charge < -0.3 is 24.8 Å². The molecule has 1 unspecified atom stereocenters. The van der Waals surface area contributed by atoms with Gasteiger partial charge in [-0.2, -0.15) is 0 Å². The molecule has 8 nitrogen and oxygen atoms in total. The number of amides is 1. The maximum absolute atomic E-state index is 13.5. The number of aliphatic hydroxyl groups is 1. The number of halogens is 2. The lowest BCUT2D eigenvalue weighted by molar-refractivity contribution is -0.133. The lowest BCUT2D eigenvalue weighted by Gasteiger charge is -2.18. The minimum atomic E-state index is -0.522. The number of carbonyl (C=O) groups is 1. The second-order valence-electron chi connectivity index (χ2n) is 7.02. The second-order valence-corrected chi connectivity index (χ2v) is 7.43. The number of benzene rings is 2. The van der Waals surface area contributed by atoms with Crippen LogP contribution < -0.4 is 14.8 Å². The number of ether oxygens (including phenoxy) is 2. The molecule has 0 spiro atoms. The van der Waals surface area contributed by atoms with Crippen molar-refractivity contribution in [3.8, 4) is 11.5 Å². The Labute approximate surface area is 182 Å². The van der Waals surface area contributed by atoms with Crippen molar-refractivity contribution >= 4 is 39.9 Å². The molecule has 1 atom stereocenters. The summed E-state index contributed by atoms with van der Waals surface area (Å²) in [6.45, 7) is 0.373. The van der Waals surface area contributed by atoms with E-state index in [1.165, 1.54) is 25.6 Å². The zero-order chi connectivity index (χ0) is 22.0. The Balaban J connectivity index is 1.64. The average Bonchev–Trinajstić information content (AvgIpc) is 3.24. The van der Waals surface area contributed by atoms with Gasteiger partial charge in [0.25, 0.3) is 0 Å². The summed E-state index contributed by atoms with van der Waals surface area (Å²) in [6.07, 6.45) is 1.81. The molecule has 31 heavy (non-hydrogen) atoms. The monoisotopic (exact) mass is 446 g/mol. The lowest BCUT2D eigenvalue weighted by atomic mass is 10.2. The minimum Gasteiger partial charge on any atom is -0.493 e. The van der Waals surface area contributed by atoms with Gasteiger partial charge in [-0.15, -0.1) is 0 Å². The highest BCUT2D eigenvalue weighted by atomic mass is 35.5. The summed E-state index contributed by atoms with van der Waals surface area (Å²) in [6, 6.07) is 7.79. The third-order valence-electron chi connectivity index (χ3n) is 5.03. The van der Waals surface area contributed by atoms with E-state index in [9.17, 15) is 9.18 Å². The molecule has 2 aromatic carbocycles. The standard InChI is InChI=1S/C21H20ClFN4O4/c1-30-18-8-17-14(7-19(18)31-13-4-5-27(9-13)20(29)10-28)21(25-11-24-17)26-12-2-3-16(23)15(22)6-12/h2-3,6-8,11,13,28H,4-5,9-10H2,1H3,(H,24,25,26). The van der Waals surface area contributed by atoms with Crippen molar-refractivity contribution < 1.29 is 23.8 Å². The summed E-state index contributed by atoms with van der Waals surface area (Å²) in [5, 5.41) is 12.8. The molecule has 0 aliphatic carbocycles. The highest BCUT2D eigenvalue weighted by molar-refractivity contribution is 6.31. The van der Waals surface area contributed by atoms with Gasteiger partial charge in [-0.1, -0.05) is 11.6 Å². The number of nitrogens with zero attached hydrogens (tertiary/aromatic N) is 3. The SMILES string of the molecule is COc1cc2ncnc(Nc3ccc(F)c(Cl)c3)c2cc1OC1CCN(C(=O)CO)C1. The molecular formula is C21H20ClFN4O4. The third-order valence-corrected chi connectivity index (χ3v) is 5.32. The normalized spacial score (nSPS) is 15.9. The first kappa shape index (κ1) is 21.1. The number of rotatable bonds is 6. The quantitative estimate of drug-likeness (QED) is 0.600. The summed E-state index contributed by atoms with van der Waals surface area (Å²) >= 11 is 5.87. The Hall–Kier alpha value is -3.17. The fraction of sp³-hybridized carbons (Fsp3) is 0.286. The zero-order valence-electron chi connectivity index (χ0n) is 16.6. The first-order valence-corrected chi connectivity index (χ1v) is 9.96. The third kappa shape index (κ3) is 4.47.